The molecule has 1 saturated carbocycles. The van der Waals surface area contributed by atoms with Crippen LogP contribution in [-0.2, 0) is 0 Å². The maximum absolute atomic E-state index is 3.72. The third-order valence-corrected chi connectivity index (χ3v) is 3.97. The second-order valence-electron chi connectivity index (χ2n) is 5.22. The number of hydrogen-bond donors (Lipinski definition) is 1. The van der Waals surface area contributed by atoms with Gasteiger partial charge < -0.3 is 5.32 Å². The summed E-state index contributed by atoms with van der Waals surface area (Å²) in [5.41, 5.74) is 1.44. The van der Waals surface area contributed by atoms with Gasteiger partial charge in [0.05, 0.1) is 0 Å². The zero-order valence-corrected chi connectivity index (χ0v) is 9.89. The fourth-order valence-corrected chi connectivity index (χ4v) is 2.78. The van der Waals surface area contributed by atoms with Crippen LogP contribution in [0.2, 0.25) is 0 Å². The van der Waals surface area contributed by atoms with Gasteiger partial charge in [0.2, 0.25) is 0 Å². The summed E-state index contributed by atoms with van der Waals surface area (Å²) in [4.78, 5) is 2.51. The second kappa shape index (κ2) is 4.19. The van der Waals surface area contributed by atoms with Crippen molar-refractivity contribution in [1.29, 1.82) is 0 Å². The molecule has 2 heteroatoms. The minimum atomic E-state index is 0.552. The van der Waals surface area contributed by atoms with Crippen LogP contribution >= 0.6 is 0 Å². The first-order chi connectivity index (χ1) is 7.84. The standard InChI is InChI=1S/C14H20N2/c1-16-10-13(11-7-8-11)15-9-14(16)12-5-3-2-4-6-12/h2-6,11,13-15H,7-10H2,1H3. The van der Waals surface area contributed by atoms with E-state index in [9.17, 15) is 0 Å². The third-order valence-electron chi connectivity index (χ3n) is 3.97. The van der Waals surface area contributed by atoms with E-state index in [-0.39, 0.29) is 0 Å². The summed E-state index contributed by atoms with van der Waals surface area (Å²) in [6.45, 7) is 2.30. The fraction of sp³-hybridized carbons (Fsp3) is 0.571. The second-order valence-corrected chi connectivity index (χ2v) is 5.22. The number of hydrogen-bond acceptors (Lipinski definition) is 2. The lowest BCUT2D eigenvalue weighted by atomic mass is 10.0. The van der Waals surface area contributed by atoms with Gasteiger partial charge in [-0.3, -0.25) is 4.90 Å². The van der Waals surface area contributed by atoms with Crippen LogP contribution in [0.5, 0.6) is 0 Å². The predicted molar refractivity (Wildman–Crippen MR) is 66.3 cm³/mol. The number of nitrogens with zero attached hydrogens (tertiary/aromatic N) is 1. The van der Waals surface area contributed by atoms with Crippen LogP contribution in [-0.4, -0.2) is 31.1 Å². The van der Waals surface area contributed by atoms with Crippen LogP contribution in [0.3, 0.4) is 0 Å². The Labute approximate surface area is 97.6 Å². The number of likely N-dealkylation sites (N-methyl/N-ethyl adjacent to an activating group) is 1. The van der Waals surface area contributed by atoms with Gasteiger partial charge in [0.1, 0.15) is 0 Å². The molecule has 1 heterocycles. The molecule has 86 valence electrons. The predicted octanol–water partition coefficient (Wildman–Crippen LogP) is 2.04. The van der Waals surface area contributed by atoms with Gasteiger partial charge in [-0.25, -0.2) is 0 Å². The summed E-state index contributed by atoms with van der Waals surface area (Å²) in [5, 5.41) is 3.72. The highest BCUT2D eigenvalue weighted by Gasteiger charge is 2.36. The molecule has 2 fully saturated rings. The molecule has 1 aliphatic carbocycles. The smallest absolute Gasteiger partial charge is 0.0470 e. The molecule has 0 radical (unpaired) electrons. The van der Waals surface area contributed by atoms with Crippen LogP contribution < -0.4 is 5.32 Å². The van der Waals surface area contributed by atoms with Crippen molar-refractivity contribution in [2.75, 3.05) is 20.1 Å². The zero-order valence-electron chi connectivity index (χ0n) is 9.89. The molecule has 2 unspecified atom stereocenters. The Morgan fingerprint density at radius 3 is 2.56 bits per heavy atom. The van der Waals surface area contributed by atoms with Crippen molar-refractivity contribution in [2.45, 2.75) is 24.9 Å². The first-order valence-electron chi connectivity index (χ1n) is 6.33. The molecule has 3 rings (SSSR count). The van der Waals surface area contributed by atoms with E-state index in [1.807, 2.05) is 0 Å². The van der Waals surface area contributed by atoms with Gasteiger partial charge in [-0.2, -0.15) is 0 Å². The lowest BCUT2D eigenvalue weighted by Gasteiger charge is -2.38. The molecule has 0 spiro atoms. The molecule has 1 aromatic rings. The topological polar surface area (TPSA) is 15.3 Å². The maximum atomic E-state index is 3.72. The molecule has 1 aliphatic heterocycles. The number of benzene rings is 1. The van der Waals surface area contributed by atoms with Crippen LogP contribution in [0.15, 0.2) is 30.3 Å². The van der Waals surface area contributed by atoms with Crippen molar-refractivity contribution in [2.24, 2.45) is 5.92 Å². The zero-order chi connectivity index (χ0) is 11.0. The number of nitrogens with one attached hydrogen (secondary N) is 1. The lowest BCUT2D eigenvalue weighted by Crippen LogP contribution is -2.51. The third kappa shape index (κ3) is 2.00. The molecule has 2 nitrogen and oxygen atoms in total. The van der Waals surface area contributed by atoms with Crippen LogP contribution in [0, 0.1) is 5.92 Å². The summed E-state index contributed by atoms with van der Waals surface area (Å²) in [5.74, 6) is 0.958. The van der Waals surface area contributed by atoms with Crippen LogP contribution in [0.25, 0.3) is 0 Å². The number of piperazine rings is 1. The minimum absolute atomic E-state index is 0.552. The van der Waals surface area contributed by atoms with Crippen LogP contribution in [0.4, 0.5) is 0 Å². The SMILES string of the molecule is CN1CC(C2CC2)NCC1c1ccccc1. The van der Waals surface area contributed by atoms with E-state index >= 15 is 0 Å². The summed E-state index contributed by atoms with van der Waals surface area (Å²) < 4.78 is 0. The summed E-state index contributed by atoms with van der Waals surface area (Å²) in [7, 11) is 2.26. The highest BCUT2D eigenvalue weighted by Crippen LogP contribution is 2.35. The molecule has 1 N–H and O–H groups in total. The summed E-state index contributed by atoms with van der Waals surface area (Å²) in [6.07, 6.45) is 2.86. The Morgan fingerprint density at radius 2 is 1.94 bits per heavy atom. The first-order valence-corrected chi connectivity index (χ1v) is 6.33. The van der Waals surface area contributed by atoms with Gasteiger partial charge in [0, 0.05) is 25.2 Å². The van der Waals surface area contributed by atoms with Gasteiger partial charge in [0.25, 0.3) is 0 Å². The average molecular weight is 216 g/mol. The Balaban J connectivity index is 1.69. The van der Waals surface area contributed by atoms with Gasteiger partial charge in [0.15, 0.2) is 0 Å². The Kier molecular flexibility index (Phi) is 2.70. The van der Waals surface area contributed by atoms with E-state index in [1.54, 1.807) is 0 Å². The van der Waals surface area contributed by atoms with Gasteiger partial charge in [-0.1, -0.05) is 30.3 Å². The Bertz CT molecular complexity index is 345. The van der Waals surface area contributed by atoms with E-state index in [0.717, 1.165) is 18.5 Å². The molecule has 16 heavy (non-hydrogen) atoms. The molecule has 2 aliphatic rings. The lowest BCUT2D eigenvalue weighted by molar-refractivity contribution is 0.154. The molecular weight excluding hydrogens is 196 g/mol. The van der Waals surface area contributed by atoms with Crippen molar-refractivity contribution < 1.29 is 0 Å². The van der Waals surface area contributed by atoms with E-state index in [2.05, 4.69) is 47.6 Å². The normalized spacial score (nSPS) is 31.6. The average Bonchev–Trinajstić information content (AvgIpc) is 3.14. The van der Waals surface area contributed by atoms with Crippen molar-refractivity contribution in [3.05, 3.63) is 35.9 Å². The van der Waals surface area contributed by atoms with Gasteiger partial charge >= 0.3 is 0 Å². The van der Waals surface area contributed by atoms with Crippen molar-refractivity contribution in [3.8, 4) is 0 Å². The summed E-state index contributed by atoms with van der Waals surface area (Å²) in [6, 6.07) is 12.1. The van der Waals surface area contributed by atoms with E-state index in [4.69, 9.17) is 0 Å². The largest absolute Gasteiger partial charge is 0.311 e. The Morgan fingerprint density at radius 1 is 1.19 bits per heavy atom. The van der Waals surface area contributed by atoms with Gasteiger partial charge in [-0.05, 0) is 31.4 Å². The molecule has 0 bridgehead atoms. The first kappa shape index (κ1) is 10.3. The highest BCUT2D eigenvalue weighted by atomic mass is 15.2. The molecule has 0 amide bonds. The van der Waals surface area contributed by atoms with Crippen molar-refractivity contribution in [1.82, 2.24) is 10.2 Å². The van der Waals surface area contributed by atoms with Gasteiger partial charge in [-0.15, -0.1) is 0 Å². The summed E-state index contributed by atoms with van der Waals surface area (Å²) >= 11 is 0. The highest BCUT2D eigenvalue weighted by molar-refractivity contribution is 5.20. The monoisotopic (exact) mass is 216 g/mol. The number of rotatable bonds is 2. The van der Waals surface area contributed by atoms with E-state index in [1.165, 1.54) is 24.9 Å². The molecule has 2 atom stereocenters. The van der Waals surface area contributed by atoms with Crippen molar-refractivity contribution >= 4 is 0 Å². The maximum Gasteiger partial charge on any atom is 0.0470 e. The van der Waals surface area contributed by atoms with E-state index < -0.39 is 0 Å². The molecular formula is C14H20N2. The Hall–Kier alpha value is -0.860. The molecule has 1 saturated heterocycles. The van der Waals surface area contributed by atoms with E-state index in [0.29, 0.717) is 6.04 Å². The minimum Gasteiger partial charge on any atom is -0.311 e. The molecule has 0 aromatic heterocycles. The fourth-order valence-electron chi connectivity index (χ4n) is 2.78. The van der Waals surface area contributed by atoms with Crippen molar-refractivity contribution in [3.63, 3.8) is 0 Å². The quantitative estimate of drug-likeness (QED) is 0.814. The molecule has 1 aromatic carbocycles. The van der Waals surface area contributed by atoms with Crippen LogP contribution in [0.1, 0.15) is 24.4 Å².